The summed E-state index contributed by atoms with van der Waals surface area (Å²) in [6, 6.07) is 6.55. The quantitative estimate of drug-likeness (QED) is 0.569. The van der Waals surface area contributed by atoms with Gasteiger partial charge in [0.15, 0.2) is 5.11 Å². The van der Waals surface area contributed by atoms with E-state index in [1.54, 1.807) is 23.1 Å². The van der Waals surface area contributed by atoms with Gasteiger partial charge in [0.2, 0.25) is 0 Å². The van der Waals surface area contributed by atoms with Crippen molar-refractivity contribution in [3.63, 3.8) is 0 Å². The van der Waals surface area contributed by atoms with Crippen molar-refractivity contribution in [2.75, 3.05) is 31.5 Å². The van der Waals surface area contributed by atoms with E-state index < -0.39 is 0 Å². The Balaban J connectivity index is 1.61. The van der Waals surface area contributed by atoms with E-state index in [0.717, 1.165) is 13.0 Å². The van der Waals surface area contributed by atoms with Crippen molar-refractivity contribution >= 4 is 23.0 Å². The van der Waals surface area contributed by atoms with Gasteiger partial charge in [-0.1, -0.05) is 12.1 Å². The molecule has 0 atom stereocenters. The van der Waals surface area contributed by atoms with Crippen LogP contribution in [0.2, 0.25) is 0 Å². The molecular formula is C15H23FN3S+. The Bertz CT molecular complexity index is 433. The van der Waals surface area contributed by atoms with Gasteiger partial charge in [-0.3, -0.25) is 0 Å². The minimum Gasteiger partial charge on any atom is -0.362 e. The van der Waals surface area contributed by atoms with Gasteiger partial charge in [0.1, 0.15) is 5.82 Å². The van der Waals surface area contributed by atoms with E-state index in [1.165, 1.54) is 45.0 Å². The molecule has 1 heterocycles. The highest BCUT2D eigenvalue weighted by Crippen LogP contribution is 2.11. The summed E-state index contributed by atoms with van der Waals surface area (Å²) < 4.78 is 13.4. The van der Waals surface area contributed by atoms with Crippen molar-refractivity contribution in [1.82, 2.24) is 5.32 Å². The monoisotopic (exact) mass is 296 g/mol. The molecule has 0 aromatic heterocycles. The van der Waals surface area contributed by atoms with E-state index >= 15 is 0 Å². The molecule has 0 spiro atoms. The number of rotatable bonds is 5. The maximum atomic E-state index is 13.4. The van der Waals surface area contributed by atoms with Crippen LogP contribution in [0.15, 0.2) is 24.3 Å². The van der Waals surface area contributed by atoms with Crippen LogP contribution in [0.4, 0.5) is 10.1 Å². The highest BCUT2D eigenvalue weighted by Gasteiger charge is 2.12. The molecule has 1 saturated heterocycles. The summed E-state index contributed by atoms with van der Waals surface area (Å²) in [5, 5.41) is 6.52. The fourth-order valence-corrected chi connectivity index (χ4v) is 2.78. The van der Waals surface area contributed by atoms with Crippen LogP contribution in [-0.2, 0) is 0 Å². The molecule has 1 aliphatic rings. The second kappa shape index (κ2) is 8.17. The Morgan fingerprint density at radius 3 is 2.70 bits per heavy atom. The molecular weight excluding hydrogens is 273 g/mol. The zero-order valence-corrected chi connectivity index (χ0v) is 12.6. The molecule has 0 unspecified atom stereocenters. The van der Waals surface area contributed by atoms with Crippen LogP contribution in [0.25, 0.3) is 0 Å². The largest absolute Gasteiger partial charge is 0.362 e. The second-order valence-electron chi connectivity index (χ2n) is 5.27. The molecule has 3 nitrogen and oxygen atoms in total. The van der Waals surface area contributed by atoms with Crippen LogP contribution in [0.1, 0.15) is 25.7 Å². The topological polar surface area (TPSA) is 28.5 Å². The molecule has 1 fully saturated rings. The van der Waals surface area contributed by atoms with Crippen molar-refractivity contribution in [1.29, 1.82) is 0 Å². The predicted octanol–water partition coefficient (Wildman–Crippen LogP) is 1.57. The third-order valence-corrected chi connectivity index (χ3v) is 3.92. The van der Waals surface area contributed by atoms with Crippen molar-refractivity contribution in [2.45, 2.75) is 25.7 Å². The molecule has 1 aromatic carbocycles. The van der Waals surface area contributed by atoms with E-state index in [9.17, 15) is 4.39 Å². The number of likely N-dealkylation sites (tertiary alicyclic amines) is 1. The zero-order chi connectivity index (χ0) is 14.2. The molecule has 0 bridgehead atoms. The van der Waals surface area contributed by atoms with Gasteiger partial charge in [0.25, 0.3) is 0 Å². The van der Waals surface area contributed by atoms with Gasteiger partial charge >= 0.3 is 0 Å². The Morgan fingerprint density at radius 1 is 1.20 bits per heavy atom. The first-order chi connectivity index (χ1) is 9.75. The van der Waals surface area contributed by atoms with E-state index in [0.29, 0.717) is 10.8 Å². The van der Waals surface area contributed by atoms with E-state index in [-0.39, 0.29) is 5.82 Å². The number of quaternary nitrogens is 1. The van der Waals surface area contributed by atoms with Gasteiger partial charge in [-0.05, 0) is 43.6 Å². The van der Waals surface area contributed by atoms with Crippen LogP contribution in [0.5, 0.6) is 0 Å². The van der Waals surface area contributed by atoms with Crippen molar-refractivity contribution < 1.29 is 9.29 Å². The summed E-state index contributed by atoms with van der Waals surface area (Å²) in [7, 11) is 0. The van der Waals surface area contributed by atoms with Crippen LogP contribution < -0.4 is 15.5 Å². The molecule has 5 heteroatoms. The lowest BCUT2D eigenvalue weighted by atomic mass is 10.1. The number of nitrogens with one attached hydrogen (secondary N) is 3. The standard InChI is InChI=1S/C15H22FN3S/c16-13-7-2-3-8-14(13)18-15(20)17-9-6-12-19-10-4-1-5-11-19/h2-3,7-8H,1,4-6,9-12H2,(H2,17,18,20)/p+1. The van der Waals surface area contributed by atoms with E-state index in [4.69, 9.17) is 12.2 Å². The van der Waals surface area contributed by atoms with E-state index in [1.807, 2.05) is 0 Å². The van der Waals surface area contributed by atoms with Gasteiger partial charge in [-0.15, -0.1) is 0 Å². The van der Waals surface area contributed by atoms with Gasteiger partial charge in [0.05, 0.1) is 25.3 Å². The number of para-hydroxylation sites is 1. The third-order valence-electron chi connectivity index (χ3n) is 3.68. The summed E-state index contributed by atoms with van der Waals surface area (Å²) >= 11 is 5.17. The molecule has 0 saturated carbocycles. The Morgan fingerprint density at radius 2 is 1.95 bits per heavy atom. The first-order valence-corrected chi connectivity index (χ1v) is 7.79. The molecule has 1 aromatic rings. The summed E-state index contributed by atoms with van der Waals surface area (Å²) in [5.41, 5.74) is 0.423. The number of piperidine rings is 1. The fourth-order valence-electron chi connectivity index (χ4n) is 2.57. The Labute approximate surface area is 125 Å². The maximum absolute atomic E-state index is 13.4. The van der Waals surface area contributed by atoms with Crippen molar-refractivity contribution in [2.24, 2.45) is 0 Å². The number of thiocarbonyl (C=S) groups is 1. The number of halogens is 1. The lowest BCUT2D eigenvalue weighted by molar-refractivity contribution is -0.904. The minimum absolute atomic E-state index is 0.283. The lowest BCUT2D eigenvalue weighted by Crippen LogP contribution is -3.12. The molecule has 1 aliphatic heterocycles. The highest BCUT2D eigenvalue weighted by atomic mass is 32.1. The highest BCUT2D eigenvalue weighted by molar-refractivity contribution is 7.80. The second-order valence-corrected chi connectivity index (χ2v) is 5.68. The molecule has 3 N–H and O–H groups in total. The smallest absolute Gasteiger partial charge is 0.170 e. The van der Waals surface area contributed by atoms with Gasteiger partial charge in [0, 0.05) is 13.0 Å². The molecule has 20 heavy (non-hydrogen) atoms. The Kier molecular flexibility index (Phi) is 6.21. The summed E-state index contributed by atoms with van der Waals surface area (Å²) in [6.07, 6.45) is 5.19. The molecule has 0 aliphatic carbocycles. The van der Waals surface area contributed by atoms with Crippen LogP contribution >= 0.6 is 12.2 Å². The maximum Gasteiger partial charge on any atom is 0.170 e. The van der Waals surface area contributed by atoms with Gasteiger partial charge in [-0.25, -0.2) is 4.39 Å². The van der Waals surface area contributed by atoms with Gasteiger partial charge < -0.3 is 15.5 Å². The SMILES string of the molecule is Fc1ccccc1NC(=S)NCCC[NH+]1CCCCC1. The first kappa shape index (κ1) is 15.2. The summed E-state index contributed by atoms with van der Waals surface area (Å²) in [6.45, 7) is 4.63. The Hall–Kier alpha value is -1.20. The fraction of sp³-hybridized carbons (Fsp3) is 0.533. The van der Waals surface area contributed by atoms with Crippen molar-refractivity contribution in [3.8, 4) is 0 Å². The molecule has 110 valence electrons. The van der Waals surface area contributed by atoms with Crippen molar-refractivity contribution in [3.05, 3.63) is 30.1 Å². The number of anilines is 1. The van der Waals surface area contributed by atoms with Crippen LogP contribution in [0.3, 0.4) is 0 Å². The van der Waals surface area contributed by atoms with Crippen LogP contribution in [0, 0.1) is 5.82 Å². The van der Waals surface area contributed by atoms with E-state index in [2.05, 4.69) is 10.6 Å². The van der Waals surface area contributed by atoms with Gasteiger partial charge in [-0.2, -0.15) is 0 Å². The number of hydrogen-bond acceptors (Lipinski definition) is 1. The number of benzene rings is 1. The minimum atomic E-state index is -0.283. The predicted molar refractivity (Wildman–Crippen MR) is 84.7 cm³/mol. The average Bonchev–Trinajstić information content (AvgIpc) is 2.47. The lowest BCUT2D eigenvalue weighted by Gasteiger charge is -2.23. The zero-order valence-electron chi connectivity index (χ0n) is 11.8. The molecule has 0 amide bonds. The number of hydrogen-bond donors (Lipinski definition) is 3. The summed E-state index contributed by atoms with van der Waals surface area (Å²) in [4.78, 5) is 1.70. The van der Waals surface area contributed by atoms with Crippen LogP contribution in [-0.4, -0.2) is 31.3 Å². The third kappa shape index (κ3) is 5.06. The molecule has 0 radical (unpaired) electrons. The normalized spacial score (nSPS) is 15.8. The summed E-state index contributed by atoms with van der Waals surface area (Å²) in [5.74, 6) is -0.283. The average molecular weight is 296 g/mol. The first-order valence-electron chi connectivity index (χ1n) is 7.38. The molecule has 2 rings (SSSR count).